The molecule has 10 aromatic carbocycles. The summed E-state index contributed by atoms with van der Waals surface area (Å²) in [6.07, 6.45) is 0. The number of benzene rings is 10. The van der Waals surface area contributed by atoms with Crippen LogP contribution in [-0.2, 0) is 0 Å². The number of hydrogen-bond donors (Lipinski definition) is 0. The summed E-state index contributed by atoms with van der Waals surface area (Å²) >= 11 is 0. The topological polar surface area (TPSA) is 6.48 Å². The van der Waals surface area contributed by atoms with Crippen LogP contribution in [0.5, 0.6) is 0 Å². The van der Waals surface area contributed by atoms with Gasteiger partial charge in [-0.05, 0) is 128 Å². The summed E-state index contributed by atoms with van der Waals surface area (Å²) in [5, 5.41) is 0. The highest BCUT2D eigenvalue weighted by molar-refractivity contribution is 5.83. The molecule has 0 bridgehead atoms. The van der Waals surface area contributed by atoms with Crippen molar-refractivity contribution < 1.29 is 58.9 Å². The Morgan fingerprint density at radius 1 is 0.177 bits per heavy atom. The van der Waals surface area contributed by atoms with Crippen LogP contribution in [0, 0.1) is 0 Å². The van der Waals surface area contributed by atoms with E-state index < -0.39 is 350 Å². The maximum atomic E-state index is 9.72. The molecule has 0 radical (unpaired) electrons. The summed E-state index contributed by atoms with van der Waals surface area (Å²) in [6.45, 7) is 0. The second-order valence-electron chi connectivity index (χ2n) is 12.1. The average molecular weight is 836 g/mol. The van der Waals surface area contributed by atoms with Crippen LogP contribution in [-0.4, -0.2) is 0 Å². The van der Waals surface area contributed by atoms with Gasteiger partial charge in [-0.1, -0.05) is 193 Å². The van der Waals surface area contributed by atoms with Crippen molar-refractivity contribution >= 4 is 34.1 Å². The smallest absolute Gasteiger partial charge is 0.0645 e. The molecule has 0 unspecified atom stereocenters. The van der Waals surface area contributed by atoms with Crippen LogP contribution in [0.25, 0.3) is 55.6 Å². The highest BCUT2D eigenvalue weighted by atomic mass is 15.1. The molecule has 0 saturated heterocycles. The average Bonchev–Trinajstić information content (AvgIpc) is 0.714. The van der Waals surface area contributed by atoms with Crippen molar-refractivity contribution in [2.24, 2.45) is 0 Å². The first kappa shape index (κ1) is 13.4. The van der Waals surface area contributed by atoms with Crippen LogP contribution < -0.4 is 9.80 Å². The molecule has 0 aliphatic heterocycles. The monoisotopic (exact) mass is 836 g/mol. The summed E-state index contributed by atoms with van der Waals surface area (Å²) in [5.41, 5.74) is -17.2. The molecule has 2 heteroatoms. The second-order valence-corrected chi connectivity index (χ2v) is 12.1. The first-order valence-electron chi connectivity index (χ1n) is 39.2. The van der Waals surface area contributed by atoms with Gasteiger partial charge in [-0.3, -0.25) is 0 Å². The van der Waals surface area contributed by atoms with E-state index in [4.69, 9.17) is 27.4 Å². The first-order valence-corrected chi connectivity index (χ1v) is 17.7. The van der Waals surface area contributed by atoms with Crippen molar-refractivity contribution in [1.82, 2.24) is 0 Å². The molecule has 0 heterocycles. The molecular formula is C60H44N2. The minimum Gasteiger partial charge on any atom is -0.311 e. The fraction of sp³-hybridized carbons (Fsp3) is 0. The van der Waals surface area contributed by atoms with Crippen molar-refractivity contribution in [3.8, 4) is 55.6 Å². The molecule has 10 rings (SSSR count). The van der Waals surface area contributed by atoms with Gasteiger partial charge in [0.05, 0.1) is 58.9 Å². The van der Waals surface area contributed by atoms with Gasteiger partial charge < -0.3 is 9.80 Å². The number of anilines is 6. The largest absolute Gasteiger partial charge is 0.311 e. The molecular weight excluding hydrogens is 749 g/mol. The summed E-state index contributed by atoms with van der Waals surface area (Å²) in [4.78, 5) is 0.421. The molecule has 0 fully saturated rings. The Morgan fingerprint density at radius 3 is 0.597 bits per heavy atom. The summed E-state index contributed by atoms with van der Waals surface area (Å²) < 4.78 is 386. The van der Waals surface area contributed by atoms with Crippen LogP contribution in [0.4, 0.5) is 34.1 Å². The van der Waals surface area contributed by atoms with Crippen molar-refractivity contribution in [3.63, 3.8) is 0 Å². The van der Waals surface area contributed by atoms with Gasteiger partial charge >= 0.3 is 0 Å². The van der Waals surface area contributed by atoms with Crippen molar-refractivity contribution in [2.75, 3.05) is 9.80 Å². The third-order valence-corrected chi connectivity index (χ3v) is 8.34. The Balaban J connectivity index is 1.31. The second kappa shape index (κ2) is 17.6. The highest BCUT2D eigenvalue weighted by Gasteiger charge is 2.16. The van der Waals surface area contributed by atoms with E-state index in [0.717, 1.165) is 0 Å². The molecule has 294 valence electrons. The molecule has 62 heavy (non-hydrogen) atoms. The van der Waals surface area contributed by atoms with E-state index in [1.165, 1.54) is 0 Å². The zero-order valence-corrected chi connectivity index (χ0v) is 31.0. The Bertz CT molecular complexity index is 5210. The Kier molecular flexibility index (Phi) is 3.80. The maximum Gasteiger partial charge on any atom is 0.0645 e. The van der Waals surface area contributed by atoms with Gasteiger partial charge in [0.15, 0.2) is 0 Å². The van der Waals surface area contributed by atoms with Crippen LogP contribution in [0.3, 0.4) is 0 Å². The molecule has 0 aliphatic rings. The zero-order valence-electron chi connectivity index (χ0n) is 74.0. The van der Waals surface area contributed by atoms with E-state index >= 15 is 0 Å². The van der Waals surface area contributed by atoms with E-state index in [2.05, 4.69) is 0 Å². The van der Waals surface area contributed by atoms with Crippen LogP contribution in [0.15, 0.2) is 266 Å². The van der Waals surface area contributed by atoms with E-state index in [9.17, 15) is 31.5 Å². The number of rotatable bonds is 11. The lowest BCUT2D eigenvalue weighted by atomic mass is 10.0. The van der Waals surface area contributed by atoms with Gasteiger partial charge in [0.1, 0.15) is 0 Å². The van der Waals surface area contributed by atoms with Gasteiger partial charge in [0.2, 0.25) is 0 Å². The van der Waals surface area contributed by atoms with E-state index in [1.807, 2.05) is 0 Å². The Morgan fingerprint density at radius 2 is 0.355 bits per heavy atom. The van der Waals surface area contributed by atoms with Crippen LogP contribution in [0.1, 0.15) is 58.9 Å². The van der Waals surface area contributed by atoms with Gasteiger partial charge in [0.25, 0.3) is 0 Å². The first-order chi connectivity index (χ1) is 48.6. The van der Waals surface area contributed by atoms with Crippen LogP contribution in [0.2, 0.25) is 0 Å². The van der Waals surface area contributed by atoms with Crippen molar-refractivity contribution in [3.05, 3.63) is 266 Å². The molecule has 0 spiro atoms. The minimum atomic E-state index is -1.49. The van der Waals surface area contributed by atoms with Gasteiger partial charge in [-0.25, -0.2) is 0 Å². The molecule has 0 aromatic heterocycles. The molecule has 0 atom stereocenters. The van der Waals surface area contributed by atoms with Gasteiger partial charge in [-0.15, -0.1) is 0 Å². The summed E-state index contributed by atoms with van der Waals surface area (Å²) in [5.74, 6) is 0. The molecule has 0 saturated carbocycles. The third-order valence-electron chi connectivity index (χ3n) is 8.34. The lowest BCUT2D eigenvalue weighted by Crippen LogP contribution is -2.10. The normalized spacial score (nSPS) is 20.6. The lowest BCUT2D eigenvalue weighted by molar-refractivity contribution is 1.28. The van der Waals surface area contributed by atoms with E-state index in [1.54, 1.807) is 0 Å². The summed E-state index contributed by atoms with van der Waals surface area (Å²) in [6, 6.07) is -50.3. The molecule has 0 amide bonds. The molecule has 0 aliphatic carbocycles. The Labute approximate surface area is 425 Å². The molecule has 0 N–H and O–H groups in total. The molecule has 2 nitrogen and oxygen atoms in total. The summed E-state index contributed by atoms with van der Waals surface area (Å²) in [7, 11) is 0. The lowest BCUT2D eigenvalue weighted by Gasteiger charge is -2.27. The third kappa shape index (κ3) is 8.18. The van der Waals surface area contributed by atoms with E-state index in [-0.39, 0.29) is 9.80 Å². The SMILES string of the molecule is [2H]c1cc(-c2c([2H])c([2H])c([2H])c([2H])c2[2H])c([2H])c([2H])c1N(c1c([2H])c([2H])c(-c2c([2H])c([2H])c([2H])c([2H])c2[2H])c([2H])c1[2H])c1c([2H])c([2H])c(-c2c([2H])c([2H])c(N(c3c([2H])c([2H])c(-c4c([2H])c([2H])c([2H])c([2H])c4[2H])c([2H])c3[2H])c3c([2H])c([2H])c(-c4c([2H])c([2H])c([2H])c([2H])c4[2H])c([2H])c3[2H])c([2H])c2[2H])c([2H])c1[2H]. The zero-order chi connectivity index (χ0) is 78.9. The minimum absolute atomic E-state index is 0.168. The fourth-order valence-corrected chi connectivity index (χ4v) is 5.49. The fourth-order valence-electron chi connectivity index (χ4n) is 5.49. The number of nitrogens with zero attached hydrogens (tertiary/aromatic N) is 2. The molecule has 10 aromatic rings. The maximum absolute atomic E-state index is 9.72. The standard InChI is InChI=1S/C60H44N2/c1-5-13-45(14-6-1)49-21-33-55(34-22-49)61(56-35-23-50(24-36-56)46-15-7-2-8-16-46)59-41-29-53(30-42-59)54-31-43-60(44-32-54)62(57-37-25-51(26-38-57)47-17-9-3-10-18-47)58-39-27-52(28-40-58)48-19-11-4-12-20-48/h1-44H/i1D,2D,3D,4D,5D,6D,7D,8D,9D,10D,11D,12D,13D,14D,15D,16D,17D,18D,19D,20D,21D,22D,23D,24D,25D,26D,27D,29D,30D,31D,32D,33D,34D,35D,36D,37D,38D,39D,40D,41D,42D,43D,44D. The van der Waals surface area contributed by atoms with Crippen molar-refractivity contribution in [1.29, 1.82) is 0 Å². The number of hydrogen-bond acceptors (Lipinski definition) is 2. The van der Waals surface area contributed by atoms with Crippen LogP contribution >= 0.6 is 0 Å². The predicted molar refractivity (Wildman–Crippen MR) is 263 cm³/mol. The predicted octanol–water partition coefficient (Wildman–Crippen LogP) is 17.0. The highest BCUT2D eigenvalue weighted by Crippen LogP contribution is 2.40. The van der Waals surface area contributed by atoms with Crippen molar-refractivity contribution in [2.45, 2.75) is 0 Å². The van der Waals surface area contributed by atoms with Gasteiger partial charge in [0, 0.05) is 34.1 Å². The van der Waals surface area contributed by atoms with Gasteiger partial charge in [-0.2, -0.15) is 0 Å². The quantitative estimate of drug-likeness (QED) is 0.128. The Hall–Kier alpha value is -8.20. The van der Waals surface area contributed by atoms with E-state index in [0.29, 0.717) is 6.07 Å².